The molecule has 1 aromatic heterocycles. The summed E-state index contributed by atoms with van der Waals surface area (Å²) in [7, 11) is 1.62. The molecule has 0 aliphatic heterocycles. The van der Waals surface area contributed by atoms with Crippen LogP contribution in [0.4, 0.5) is 20.9 Å². The molecule has 0 radical (unpaired) electrons. The summed E-state index contributed by atoms with van der Waals surface area (Å²) in [5.41, 5.74) is -0.476. The van der Waals surface area contributed by atoms with Crippen molar-refractivity contribution in [3.63, 3.8) is 0 Å². The molecule has 1 heterocycles. The summed E-state index contributed by atoms with van der Waals surface area (Å²) in [5.74, 6) is -1.44. The van der Waals surface area contributed by atoms with Crippen LogP contribution in [0, 0.1) is 15.9 Å². The number of carbonyl (C=O) groups excluding carboxylic acids is 1. The summed E-state index contributed by atoms with van der Waals surface area (Å²) in [5, 5.41) is 23.5. The maximum Gasteiger partial charge on any atom is 0.286 e. The lowest BCUT2D eigenvalue weighted by atomic mass is 10.2. The zero-order valence-corrected chi connectivity index (χ0v) is 10.9. The van der Waals surface area contributed by atoms with Crippen molar-refractivity contribution in [2.75, 3.05) is 17.7 Å². The van der Waals surface area contributed by atoms with Gasteiger partial charge in [0.2, 0.25) is 10.1 Å². The van der Waals surface area contributed by atoms with Gasteiger partial charge in [-0.1, -0.05) is 11.3 Å². The van der Waals surface area contributed by atoms with Crippen LogP contribution in [-0.4, -0.2) is 28.1 Å². The maximum absolute atomic E-state index is 13.2. The molecule has 104 valence electrons. The number of halogens is 1. The Kier molecular flexibility index (Phi) is 3.84. The predicted molar refractivity (Wildman–Crippen MR) is 70.5 cm³/mol. The van der Waals surface area contributed by atoms with Crippen LogP contribution in [0.5, 0.6) is 0 Å². The molecule has 0 unspecified atom stereocenters. The predicted octanol–water partition coefficient (Wildman–Crippen LogP) is 1.88. The maximum atomic E-state index is 13.2. The highest BCUT2D eigenvalue weighted by Crippen LogP contribution is 2.21. The summed E-state index contributed by atoms with van der Waals surface area (Å²) in [6.07, 6.45) is 0. The molecule has 0 bridgehead atoms. The molecule has 0 aliphatic carbocycles. The lowest BCUT2D eigenvalue weighted by Crippen LogP contribution is -2.12. The van der Waals surface area contributed by atoms with E-state index in [0.717, 1.165) is 29.5 Å². The fourth-order valence-electron chi connectivity index (χ4n) is 1.35. The smallest absolute Gasteiger partial charge is 0.286 e. The van der Waals surface area contributed by atoms with Gasteiger partial charge in [0.25, 0.3) is 11.6 Å². The van der Waals surface area contributed by atoms with E-state index in [1.165, 1.54) is 0 Å². The largest absolute Gasteiger partial charge is 0.363 e. The van der Waals surface area contributed by atoms with Crippen molar-refractivity contribution < 1.29 is 14.1 Å². The Morgan fingerprint density at radius 3 is 2.75 bits per heavy atom. The van der Waals surface area contributed by atoms with Crippen LogP contribution in [0.1, 0.15) is 9.80 Å². The van der Waals surface area contributed by atoms with E-state index in [1.807, 2.05) is 0 Å². The number of nitrogens with one attached hydrogen (secondary N) is 2. The molecular weight excluding hydrogens is 289 g/mol. The number of carbonyl (C=O) groups is 1. The third kappa shape index (κ3) is 3.03. The quantitative estimate of drug-likeness (QED) is 0.658. The van der Waals surface area contributed by atoms with E-state index in [0.29, 0.717) is 5.13 Å². The molecule has 8 nitrogen and oxygen atoms in total. The van der Waals surface area contributed by atoms with Gasteiger partial charge in [0.15, 0.2) is 0 Å². The highest BCUT2D eigenvalue weighted by atomic mass is 32.1. The van der Waals surface area contributed by atoms with E-state index in [9.17, 15) is 19.3 Å². The summed E-state index contributed by atoms with van der Waals surface area (Å²) < 4.78 is 13.2. The zero-order valence-electron chi connectivity index (χ0n) is 10.1. The van der Waals surface area contributed by atoms with Crippen molar-refractivity contribution in [3.05, 3.63) is 39.1 Å². The first-order valence-corrected chi connectivity index (χ1v) is 6.09. The monoisotopic (exact) mass is 297 g/mol. The molecule has 0 saturated carbocycles. The van der Waals surface area contributed by atoms with Crippen molar-refractivity contribution in [1.29, 1.82) is 0 Å². The van der Waals surface area contributed by atoms with Gasteiger partial charge in [-0.05, 0) is 6.07 Å². The van der Waals surface area contributed by atoms with E-state index in [4.69, 9.17) is 0 Å². The Bertz CT molecular complexity index is 675. The molecule has 2 aromatic rings. The van der Waals surface area contributed by atoms with E-state index >= 15 is 0 Å². The zero-order chi connectivity index (χ0) is 14.7. The number of amides is 1. The van der Waals surface area contributed by atoms with Gasteiger partial charge in [-0.3, -0.25) is 14.9 Å². The van der Waals surface area contributed by atoms with Gasteiger partial charge in [-0.15, -0.1) is 10.2 Å². The number of rotatable bonds is 4. The van der Waals surface area contributed by atoms with Crippen LogP contribution in [0.3, 0.4) is 0 Å². The van der Waals surface area contributed by atoms with Crippen molar-refractivity contribution >= 4 is 33.8 Å². The number of nitro benzene ring substituents is 1. The standard InChI is InChI=1S/C10H8FN5O3S/c1-12-10-15-14-9(20-10)8(17)13-6-2-5(11)3-7(4-6)16(18)19/h2-4H,1H3,(H,12,15)(H,13,17). The molecule has 20 heavy (non-hydrogen) atoms. The number of anilines is 2. The van der Waals surface area contributed by atoms with Crippen LogP contribution < -0.4 is 10.6 Å². The van der Waals surface area contributed by atoms with Gasteiger partial charge < -0.3 is 10.6 Å². The van der Waals surface area contributed by atoms with Gasteiger partial charge in [0.1, 0.15) is 5.82 Å². The van der Waals surface area contributed by atoms with Gasteiger partial charge in [-0.25, -0.2) is 4.39 Å². The third-order valence-electron chi connectivity index (χ3n) is 2.18. The minimum absolute atomic E-state index is 0.0251. The Balaban J connectivity index is 2.21. The van der Waals surface area contributed by atoms with Crippen molar-refractivity contribution in [1.82, 2.24) is 10.2 Å². The molecular formula is C10H8FN5O3S. The molecule has 0 aliphatic rings. The molecule has 10 heteroatoms. The second-order valence-electron chi connectivity index (χ2n) is 3.57. The van der Waals surface area contributed by atoms with Gasteiger partial charge in [-0.2, -0.15) is 0 Å². The van der Waals surface area contributed by atoms with Crippen LogP contribution >= 0.6 is 11.3 Å². The summed E-state index contributed by atoms with van der Waals surface area (Å²) in [6.45, 7) is 0. The highest BCUT2D eigenvalue weighted by Gasteiger charge is 2.15. The van der Waals surface area contributed by atoms with Gasteiger partial charge in [0, 0.05) is 13.1 Å². The summed E-state index contributed by atoms with van der Waals surface area (Å²) in [4.78, 5) is 21.7. The molecule has 0 saturated heterocycles. The normalized spacial score (nSPS) is 10.1. The SMILES string of the molecule is CNc1nnc(C(=O)Nc2cc(F)cc([N+](=O)[O-])c2)s1. The van der Waals surface area contributed by atoms with Gasteiger partial charge in [0.05, 0.1) is 16.7 Å². The average Bonchev–Trinajstić information content (AvgIpc) is 2.86. The van der Waals surface area contributed by atoms with Crippen LogP contribution in [0.2, 0.25) is 0 Å². The second kappa shape index (κ2) is 5.57. The lowest BCUT2D eigenvalue weighted by Gasteiger charge is -2.02. The number of aromatic nitrogens is 2. The van der Waals surface area contributed by atoms with E-state index in [1.54, 1.807) is 7.05 Å². The minimum atomic E-state index is -0.817. The number of benzene rings is 1. The molecule has 0 fully saturated rings. The molecule has 0 atom stereocenters. The van der Waals surface area contributed by atoms with E-state index in [2.05, 4.69) is 20.8 Å². The topological polar surface area (TPSA) is 110 Å². The molecule has 1 amide bonds. The average molecular weight is 297 g/mol. The number of nitrogens with zero attached hydrogens (tertiary/aromatic N) is 3. The van der Waals surface area contributed by atoms with Crippen LogP contribution in [0.25, 0.3) is 0 Å². The first kappa shape index (κ1) is 13.8. The molecule has 0 spiro atoms. The minimum Gasteiger partial charge on any atom is -0.363 e. The fourth-order valence-corrected chi connectivity index (χ4v) is 1.94. The summed E-state index contributed by atoms with van der Waals surface area (Å²) >= 11 is 1.00. The van der Waals surface area contributed by atoms with Crippen molar-refractivity contribution in [2.45, 2.75) is 0 Å². The first-order chi connectivity index (χ1) is 9.49. The molecule has 2 N–H and O–H groups in total. The molecule has 1 aromatic carbocycles. The fraction of sp³-hybridized carbons (Fsp3) is 0.100. The highest BCUT2D eigenvalue weighted by molar-refractivity contribution is 7.17. The van der Waals surface area contributed by atoms with E-state index < -0.39 is 22.3 Å². The number of non-ortho nitro benzene ring substituents is 1. The van der Waals surface area contributed by atoms with Gasteiger partial charge >= 0.3 is 0 Å². The number of nitro groups is 1. The first-order valence-electron chi connectivity index (χ1n) is 5.27. The van der Waals surface area contributed by atoms with Crippen LogP contribution in [-0.2, 0) is 0 Å². The number of hydrogen-bond acceptors (Lipinski definition) is 7. The summed E-state index contributed by atoms with van der Waals surface area (Å²) in [6, 6.07) is 2.80. The van der Waals surface area contributed by atoms with Crippen molar-refractivity contribution in [3.8, 4) is 0 Å². The molecule has 2 rings (SSSR count). The Morgan fingerprint density at radius 1 is 1.40 bits per heavy atom. The van der Waals surface area contributed by atoms with Crippen molar-refractivity contribution in [2.24, 2.45) is 0 Å². The lowest BCUT2D eigenvalue weighted by molar-refractivity contribution is -0.385. The second-order valence-corrected chi connectivity index (χ2v) is 4.55. The van der Waals surface area contributed by atoms with E-state index in [-0.39, 0.29) is 10.7 Å². The Hall–Kier alpha value is -2.62. The Morgan fingerprint density at radius 2 is 2.15 bits per heavy atom. The number of hydrogen-bond donors (Lipinski definition) is 2. The Labute approximate surface area is 115 Å². The third-order valence-corrected chi connectivity index (χ3v) is 3.12. The van der Waals surface area contributed by atoms with Crippen LogP contribution in [0.15, 0.2) is 18.2 Å².